The first-order chi connectivity index (χ1) is 11.1. The Morgan fingerprint density at radius 3 is 1.31 bits per heavy atom. The zero-order valence-corrected chi connectivity index (χ0v) is 23.2. The number of phosphoric ester groups is 1. The fraction of sp³-hybridized carbons (Fsp3) is 1.00. The Morgan fingerprint density at radius 1 is 0.846 bits per heavy atom. The van der Waals surface area contributed by atoms with Crippen LogP contribution in [0.3, 0.4) is 0 Å². The molecule has 13 heteroatoms. The third kappa shape index (κ3) is 4.99. The van der Waals surface area contributed by atoms with E-state index in [0.29, 0.717) is 0 Å². The summed E-state index contributed by atoms with van der Waals surface area (Å²) in [6.07, 6.45) is 0. The standard InChI is InChI=1S/C13H21Br2Cl6O4P/c1-8(2,6-16)11(18,19)10(5,12(20,21)9(3,4)7-17)13(14,15)25-26(22,23)24/h6-7H2,1-5H3,(H2,22,23,24). The minimum Gasteiger partial charge on any atom is -0.303 e. The van der Waals surface area contributed by atoms with Crippen molar-refractivity contribution in [1.29, 1.82) is 0 Å². The highest BCUT2D eigenvalue weighted by atomic mass is 79.9. The van der Waals surface area contributed by atoms with Crippen molar-refractivity contribution < 1.29 is 18.9 Å². The molecule has 0 aliphatic carbocycles. The zero-order chi connectivity index (χ0) is 21.6. The maximum Gasteiger partial charge on any atom is 0.471 e. The fourth-order valence-corrected chi connectivity index (χ4v) is 8.27. The van der Waals surface area contributed by atoms with E-state index in [1.165, 1.54) is 6.92 Å². The quantitative estimate of drug-likeness (QED) is 0.203. The van der Waals surface area contributed by atoms with Crippen molar-refractivity contribution in [3.8, 4) is 0 Å². The van der Waals surface area contributed by atoms with Crippen LogP contribution in [0.5, 0.6) is 0 Å². The molecule has 0 saturated heterocycles. The van der Waals surface area contributed by atoms with Crippen molar-refractivity contribution in [2.45, 2.75) is 46.7 Å². The summed E-state index contributed by atoms with van der Waals surface area (Å²) >= 11 is 45.5. The SMILES string of the molecule is CC(C)(CCl)C(Cl)(Cl)C(C)(C(Br)(Br)OP(=O)(O)O)C(Cl)(Cl)C(C)(C)CCl. The molecular formula is C13H21Br2Cl6O4P. The number of phosphoric acid groups is 1. The second-order valence-corrected chi connectivity index (χ2v) is 15.1. The predicted octanol–water partition coefficient (Wildman–Crippen LogP) is 7.42. The molecule has 0 aromatic heterocycles. The first-order valence-electron chi connectivity index (χ1n) is 7.09. The van der Waals surface area contributed by atoms with Gasteiger partial charge in [0.2, 0.25) is 0 Å². The van der Waals surface area contributed by atoms with Crippen molar-refractivity contribution in [1.82, 2.24) is 0 Å². The Bertz CT molecular complexity index is 537. The predicted molar refractivity (Wildman–Crippen MR) is 120 cm³/mol. The van der Waals surface area contributed by atoms with Gasteiger partial charge in [-0.15, -0.1) is 69.6 Å². The van der Waals surface area contributed by atoms with E-state index in [1.54, 1.807) is 27.7 Å². The lowest BCUT2D eigenvalue weighted by atomic mass is 9.65. The molecule has 0 fully saturated rings. The van der Waals surface area contributed by atoms with Crippen LogP contribution in [-0.2, 0) is 9.09 Å². The molecule has 0 radical (unpaired) electrons. The Morgan fingerprint density at radius 2 is 1.12 bits per heavy atom. The lowest BCUT2D eigenvalue weighted by molar-refractivity contribution is 0.000523. The van der Waals surface area contributed by atoms with Crippen molar-refractivity contribution in [2.24, 2.45) is 16.2 Å². The van der Waals surface area contributed by atoms with E-state index >= 15 is 0 Å². The normalized spacial score (nSPS) is 16.1. The van der Waals surface area contributed by atoms with Crippen LogP contribution >= 0.6 is 109 Å². The van der Waals surface area contributed by atoms with Crippen LogP contribution < -0.4 is 0 Å². The number of hydrogen-bond donors (Lipinski definition) is 2. The first-order valence-corrected chi connectivity index (χ1v) is 12.8. The van der Waals surface area contributed by atoms with E-state index in [4.69, 9.17) is 74.1 Å². The lowest BCUT2D eigenvalue weighted by Crippen LogP contribution is -2.68. The molecule has 0 aliphatic rings. The van der Waals surface area contributed by atoms with Crippen LogP contribution in [0, 0.1) is 16.2 Å². The average Bonchev–Trinajstić information content (AvgIpc) is 2.42. The van der Waals surface area contributed by atoms with Crippen molar-refractivity contribution in [3.05, 3.63) is 0 Å². The minimum absolute atomic E-state index is 0.0211. The van der Waals surface area contributed by atoms with E-state index < -0.39 is 36.2 Å². The Labute approximate surface area is 201 Å². The molecule has 0 heterocycles. The summed E-state index contributed by atoms with van der Waals surface area (Å²) in [4.78, 5) is 18.7. The van der Waals surface area contributed by atoms with Crippen molar-refractivity contribution in [3.63, 3.8) is 0 Å². The molecule has 0 bridgehead atoms. The van der Waals surface area contributed by atoms with E-state index in [-0.39, 0.29) is 11.8 Å². The minimum atomic E-state index is -5.04. The van der Waals surface area contributed by atoms with Gasteiger partial charge in [-0.3, -0.25) is 4.52 Å². The lowest BCUT2D eigenvalue weighted by Gasteiger charge is -2.61. The highest BCUT2D eigenvalue weighted by Gasteiger charge is 2.75. The largest absolute Gasteiger partial charge is 0.471 e. The molecular weight excluding hydrogens is 624 g/mol. The third-order valence-electron chi connectivity index (χ3n) is 4.44. The molecule has 26 heavy (non-hydrogen) atoms. The maximum absolute atomic E-state index is 11.6. The van der Waals surface area contributed by atoms with Gasteiger partial charge in [-0.25, -0.2) is 4.57 Å². The molecule has 158 valence electrons. The van der Waals surface area contributed by atoms with E-state index in [2.05, 4.69) is 31.9 Å². The molecule has 0 rings (SSSR count). The molecule has 0 unspecified atom stereocenters. The van der Waals surface area contributed by atoms with E-state index in [0.717, 1.165) is 0 Å². The highest BCUT2D eigenvalue weighted by Crippen LogP contribution is 2.73. The van der Waals surface area contributed by atoms with Gasteiger partial charge in [0.1, 0.15) is 8.67 Å². The summed E-state index contributed by atoms with van der Waals surface area (Å²) in [5.41, 5.74) is -3.89. The summed E-state index contributed by atoms with van der Waals surface area (Å²) in [5, 5.41) is 0. The van der Waals surface area contributed by atoms with Gasteiger partial charge in [0, 0.05) is 22.6 Å². The summed E-state index contributed by atoms with van der Waals surface area (Å²) < 4.78 is 10.7. The zero-order valence-electron chi connectivity index (χ0n) is 14.6. The molecule has 0 spiro atoms. The highest BCUT2D eigenvalue weighted by molar-refractivity contribution is 9.25. The number of hydrogen-bond acceptors (Lipinski definition) is 2. The molecule has 4 nitrogen and oxygen atoms in total. The molecule has 0 atom stereocenters. The molecule has 0 saturated carbocycles. The Kier molecular flexibility index (Phi) is 9.69. The van der Waals surface area contributed by atoms with Crippen LogP contribution in [0.25, 0.3) is 0 Å². The second kappa shape index (κ2) is 8.74. The smallest absolute Gasteiger partial charge is 0.303 e. The van der Waals surface area contributed by atoms with Gasteiger partial charge in [-0.05, 0) is 38.8 Å². The molecule has 0 aromatic carbocycles. The maximum atomic E-state index is 11.6. The Balaban J connectivity index is 7.01. The molecule has 2 N–H and O–H groups in total. The van der Waals surface area contributed by atoms with Crippen LogP contribution in [0.1, 0.15) is 34.6 Å². The van der Waals surface area contributed by atoms with Gasteiger partial charge >= 0.3 is 7.82 Å². The summed E-state index contributed by atoms with van der Waals surface area (Å²) in [6, 6.07) is 0. The van der Waals surface area contributed by atoms with Crippen LogP contribution in [0.4, 0.5) is 0 Å². The van der Waals surface area contributed by atoms with Crippen LogP contribution in [0.2, 0.25) is 0 Å². The molecule has 0 aromatic rings. The third-order valence-corrected chi connectivity index (χ3v) is 12.3. The number of halogens is 8. The number of alkyl halides is 8. The van der Waals surface area contributed by atoms with Crippen LogP contribution in [-0.4, -0.2) is 33.6 Å². The van der Waals surface area contributed by atoms with Crippen molar-refractivity contribution in [2.75, 3.05) is 11.8 Å². The van der Waals surface area contributed by atoms with Gasteiger partial charge in [0.05, 0.1) is 5.41 Å². The second-order valence-electron chi connectivity index (χ2n) is 7.41. The molecule has 0 aliphatic heterocycles. The molecule has 0 amide bonds. The van der Waals surface area contributed by atoms with E-state index in [1.807, 2.05) is 0 Å². The van der Waals surface area contributed by atoms with Crippen LogP contribution in [0.15, 0.2) is 0 Å². The fourth-order valence-electron chi connectivity index (χ4n) is 2.32. The number of rotatable bonds is 9. The van der Waals surface area contributed by atoms with E-state index in [9.17, 15) is 14.4 Å². The van der Waals surface area contributed by atoms with Gasteiger partial charge in [-0.1, -0.05) is 27.7 Å². The topological polar surface area (TPSA) is 66.8 Å². The average molecular weight is 645 g/mol. The summed E-state index contributed by atoms with van der Waals surface area (Å²) in [7, 11) is -5.04. The van der Waals surface area contributed by atoms with Gasteiger partial charge in [0.15, 0.2) is 3.42 Å². The monoisotopic (exact) mass is 640 g/mol. The summed E-state index contributed by atoms with van der Waals surface area (Å²) in [6.45, 7) is 8.05. The summed E-state index contributed by atoms with van der Waals surface area (Å²) in [5.74, 6) is -0.0422. The van der Waals surface area contributed by atoms with Gasteiger partial charge in [-0.2, -0.15) is 0 Å². The van der Waals surface area contributed by atoms with Crippen molar-refractivity contribution >= 4 is 109 Å². The first kappa shape index (κ1) is 28.8. The Hall–Kier alpha value is 2.81. The van der Waals surface area contributed by atoms with Gasteiger partial charge < -0.3 is 9.79 Å². The van der Waals surface area contributed by atoms with Gasteiger partial charge in [0.25, 0.3) is 0 Å².